The highest BCUT2D eigenvalue weighted by molar-refractivity contribution is 5.07. The van der Waals surface area contributed by atoms with Crippen LogP contribution in [0.2, 0.25) is 0 Å². The topological polar surface area (TPSA) is 71.8 Å². The van der Waals surface area contributed by atoms with E-state index in [4.69, 9.17) is 5.73 Å². The maximum absolute atomic E-state index is 11.4. The molecule has 3 N–H and O–H groups in total. The van der Waals surface area contributed by atoms with Crippen LogP contribution in [0.5, 0.6) is 0 Å². The molecule has 88 valence electrons. The predicted molar refractivity (Wildman–Crippen MR) is 63.1 cm³/mol. The third-order valence-corrected chi connectivity index (χ3v) is 3.53. The van der Waals surface area contributed by atoms with Crippen molar-refractivity contribution in [1.82, 2.24) is 9.97 Å². The average Bonchev–Trinajstić information content (AvgIpc) is 2.76. The highest BCUT2D eigenvalue weighted by Gasteiger charge is 2.26. The van der Waals surface area contributed by atoms with Crippen LogP contribution < -0.4 is 11.3 Å². The Bertz CT molecular complexity index is 413. The average molecular weight is 221 g/mol. The van der Waals surface area contributed by atoms with Gasteiger partial charge < -0.3 is 10.7 Å². The quantitative estimate of drug-likeness (QED) is 0.813. The molecule has 1 aliphatic carbocycles. The first-order valence-electron chi connectivity index (χ1n) is 6.03. The van der Waals surface area contributed by atoms with Gasteiger partial charge in [-0.3, -0.25) is 4.79 Å². The second-order valence-electron chi connectivity index (χ2n) is 4.61. The summed E-state index contributed by atoms with van der Waals surface area (Å²) in [5.74, 6) is 2.05. The first kappa shape index (κ1) is 11.3. The molecule has 16 heavy (non-hydrogen) atoms. The van der Waals surface area contributed by atoms with Crippen LogP contribution in [-0.4, -0.2) is 9.97 Å². The van der Waals surface area contributed by atoms with E-state index in [1.54, 1.807) is 0 Å². The van der Waals surface area contributed by atoms with Crippen molar-refractivity contribution >= 4 is 0 Å². The Morgan fingerprint density at radius 2 is 2.38 bits per heavy atom. The van der Waals surface area contributed by atoms with Gasteiger partial charge in [0.25, 0.3) is 5.56 Å². The second kappa shape index (κ2) is 4.78. The minimum absolute atomic E-state index is 0.0783. The molecule has 0 spiro atoms. The SMILES string of the molecule is CCC1CCC(c2nc(CN)cc(=O)[nH]2)C1. The minimum Gasteiger partial charge on any atom is -0.325 e. The fraction of sp³-hybridized carbons (Fsp3) is 0.667. The lowest BCUT2D eigenvalue weighted by Crippen LogP contribution is -2.16. The van der Waals surface area contributed by atoms with Crippen LogP contribution in [0, 0.1) is 5.92 Å². The Balaban J connectivity index is 2.21. The highest BCUT2D eigenvalue weighted by Crippen LogP contribution is 2.37. The van der Waals surface area contributed by atoms with Crippen LogP contribution in [0.4, 0.5) is 0 Å². The van der Waals surface area contributed by atoms with Crippen LogP contribution in [0.1, 0.15) is 50.0 Å². The van der Waals surface area contributed by atoms with Crippen LogP contribution >= 0.6 is 0 Å². The van der Waals surface area contributed by atoms with E-state index in [1.807, 2.05) is 0 Å². The Labute approximate surface area is 95.3 Å². The molecule has 4 nitrogen and oxygen atoms in total. The summed E-state index contributed by atoms with van der Waals surface area (Å²) in [6.45, 7) is 2.56. The fourth-order valence-electron chi connectivity index (χ4n) is 2.52. The van der Waals surface area contributed by atoms with Gasteiger partial charge in [-0.25, -0.2) is 4.98 Å². The van der Waals surface area contributed by atoms with E-state index in [-0.39, 0.29) is 5.56 Å². The minimum atomic E-state index is -0.0783. The molecule has 0 aromatic carbocycles. The standard InChI is InChI=1S/C12H19N3O/c1-2-8-3-4-9(5-8)12-14-10(7-13)6-11(16)15-12/h6,8-9H,2-5,7,13H2,1H3,(H,14,15,16). The van der Waals surface area contributed by atoms with E-state index in [1.165, 1.54) is 18.9 Å². The molecular formula is C12H19N3O. The van der Waals surface area contributed by atoms with Crippen molar-refractivity contribution in [3.8, 4) is 0 Å². The lowest BCUT2D eigenvalue weighted by Gasteiger charge is -2.10. The smallest absolute Gasteiger partial charge is 0.251 e. The third-order valence-electron chi connectivity index (χ3n) is 3.53. The summed E-state index contributed by atoms with van der Waals surface area (Å²) in [5.41, 5.74) is 6.14. The Hall–Kier alpha value is -1.16. The van der Waals surface area contributed by atoms with Gasteiger partial charge in [0.2, 0.25) is 0 Å². The summed E-state index contributed by atoms with van der Waals surface area (Å²) >= 11 is 0. The molecular weight excluding hydrogens is 202 g/mol. The van der Waals surface area contributed by atoms with E-state index in [0.29, 0.717) is 18.2 Å². The van der Waals surface area contributed by atoms with Gasteiger partial charge in [0.05, 0.1) is 5.69 Å². The number of nitrogens with two attached hydrogens (primary N) is 1. The van der Waals surface area contributed by atoms with Crippen molar-refractivity contribution < 1.29 is 0 Å². The zero-order valence-corrected chi connectivity index (χ0v) is 9.70. The number of H-pyrrole nitrogens is 1. The van der Waals surface area contributed by atoms with Crippen molar-refractivity contribution in [2.75, 3.05) is 0 Å². The molecule has 2 unspecified atom stereocenters. The number of hydrogen-bond donors (Lipinski definition) is 2. The molecule has 1 aliphatic rings. The first-order valence-corrected chi connectivity index (χ1v) is 6.03. The number of nitrogens with one attached hydrogen (secondary N) is 1. The van der Waals surface area contributed by atoms with Crippen molar-refractivity contribution in [3.63, 3.8) is 0 Å². The second-order valence-corrected chi connectivity index (χ2v) is 4.61. The Morgan fingerprint density at radius 3 is 3.00 bits per heavy atom. The van der Waals surface area contributed by atoms with E-state index >= 15 is 0 Å². The maximum atomic E-state index is 11.4. The van der Waals surface area contributed by atoms with E-state index in [9.17, 15) is 4.79 Å². The van der Waals surface area contributed by atoms with Crippen LogP contribution in [0.25, 0.3) is 0 Å². The van der Waals surface area contributed by atoms with Crippen molar-refractivity contribution in [2.24, 2.45) is 11.7 Å². The van der Waals surface area contributed by atoms with Gasteiger partial charge in [-0.1, -0.05) is 13.3 Å². The summed E-state index contributed by atoms with van der Waals surface area (Å²) in [6, 6.07) is 1.48. The molecule has 1 saturated carbocycles. The third kappa shape index (κ3) is 2.32. The molecule has 1 fully saturated rings. The molecule has 0 bridgehead atoms. The summed E-state index contributed by atoms with van der Waals surface area (Å²) in [5, 5.41) is 0. The van der Waals surface area contributed by atoms with E-state index in [0.717, 1.165) is 24.6 Å². The largest absolute Gasteiger partial charge is 0.325 e. The molecule has 4 heteroatoms. The molecule has 1 aromatic heterocycles. The summed E-state index contributed by atoms with van der Waals surface area (Å²) in [7, 11) is 0. The normalized spacial score (nSPS) is 24.9. The molecule has 2 atom stereocenters. The Morgan fingerprint density at radius 1 is 1.56 bits per heavy atom. The molecule has 0 saturated heterocycles. The van der Waals surface area contributed by atoms with Gasteiger partial charge in [0.15, 0.2) is 0 Å². The van der Waals surface area contributed by atoms with Crippen LogP contribution in [-0.2, 0) is 6.54 Å². The van der Waals surface area contributed by atoms with Gasteiger partial charge >= 0.3 is 0 Å². The molecule has 0 aliphatic heterocycles. The first-order chi connectivity index (χ1) is 7.72. The molecule has 0 radical (unpaired) electrons. The van der Waals surface area contributed by atoms with Gasteiger partial charge in [-0.2, -0.15) is 0 Å². The van der Waals surface area contributed by atoms with Crippen molar-refractivity contribution in [1.29, 1.82) is 0 Å². The number of rotatable bonds is 3. The summed E-state index contributed by atoms with van der Waals surface area (Å²) < 4.78 is 0. The van der Waals surface area contributed by atoms with Gasteiger partial charge in [0.1, 0.15) is 5.82 Å². The van der Waals surface area contributed by atoms with Crippen LogP contribution in [0.15, 0.2) is 10.9 Å². The molecule has 0 amide bonds. The zero-order chi connectivity index (χ0) is 11.5. The number of hydrogen-bond acceptors (Lipinski definition) is 3. The number of nitrogens with zero attached hydrogens (tertiary/aromatic N) is 1. The lowest BCUT2D eigenvalue weighted by atomic mass is 10.0. The van der Waals surface area contributed by atoms with Crippen LogP contribution in [0.3, 0.4) is 0 Å². The van der Waals surface area contributed by atoms with E-state index < -0.39 is 0 Å². The van der Waals surface area contributed by atoms with Gasteiger partial charge in [0, 0.05) is 18.5 Å². The molecule has 2 rings (SSSR count). The summed E-state index contributed by atoms with van der Waals surface area (Å²) in [6.07, 6.45) is 4.75. The number of aromatic amines is 1. The molecule has 1 heterocycles. The van der Waals surface area contributed by atoms with Crippen molar-refractivity contribution in [2.45, 2.75) is 45.1 Å². The zero-order valence-electron chi connectivity index (χ0n) is 9.70. The maximum Gasteiger partial charge on any atom is 0.251 e. The van der Waals surface area contributed by atoms with E-state index in [2.05, 4.69) is 16.9 Å². The fourth-order valence-corrected chi connectivity index (χ4v) is 2.52. The highest BCUT2D eigenvalue weighted by atomic mass is 16.1. The Kier molecular flexibility index (Phi) is 3.39. The van der Waals surface area contributed by atoms with Gasteiger partial charge in [-0.05, 0) is 25.2 Å². The molecule has 1 aromatic rings. The lowest BCUT2D eigenvalue weighted by molar-refractivity contribution is 0.516. The summed E-state index contributed by atoms with van der Waals surface area (Å²) in [4.78, 5) is 18.7. The predicted octanol–water partition coefficient (Wildman–Crippen LogP) is 1.52. The monoisotopic (exact) mass is 221 g/mol. The van der Waals surface area contributed by atoms with Gasteiger partial charge in [-0.15, -0.1) is 0 Å². The number of aromatic nitrogens is 2. The van der Waals surface area contributed by atoms with Crippen molar-refractivity contribution in [3.05, 3.63) is 27.9 Å².